The molecule has 1 aliphatic rings. The molecule has 2 amide bonds. The Balaban J connectivity index is 1.69. The number of carbonyl (C=O) groups excluding carboxylic acids is 1. The summed E-state index contributed by atoms with van der Waals surface area (Å²) in [4.78, 5) is 16.9. The van der Waals surface area contributed by atoms with E-state index >= 15 is 0 Å². The van der Waals surface area contributed by atoms with Gasteiger partial charge >= 0.3 is 12.2 Å². The summed E-state index contributed by atoms with van der Waals surface area (Å²) in [5.74, 6) is 0. The molecule has 1 aliphatic heterocycles. The number of carbonyl (C=O) groups is 1. The standard InChI is InChI=1S/C13H17F3N4O/c14-13(15,16)9-20-6-3-11(8-20)19-12(21)18-7-10-1-4-17-5-2-10/h1-2,4-5,11H,3,6-9H2,(H2,18,19,21). The minimum atomic E-state index is -4.20. The molecule has 0 radical (unpaired) electrons. The van der Waals surface area contributed by atoms with Gasteiger partial charge in [-0.15, -0.1) is 0 Å². The van der Waals surface area contributed by atoms with Gasteiger partial charge in [0.2, 0.25) is 0 Å². The normalized spacial score (nSPS) is 19.5. The SMILES string of the molecule is O=C(NCc1ccncc1)NC1CCN(CC(F)(F)F)C1. The number of pyridine rings is 1. The molecule has 0 aliphatic carbocycles. The first-order chi connectivity index (χ1) is 9.92. The predicted molar refractivity (Wildman–Crippen MR) is 70.5 cm³/mol. The van der Waals surface area contributed by atoms with Crippen molar-refractivity contribution in [2.45, 2.75) is 25.2 Å². The minimum Gasteiger partial charge on any atom is -0.334 e. The van der Waals surface area contributed by atoms with Crippen LogP contribution in [0.4, 0.5) is 18.0 Å². The summed E-state index contributed by atoms with van der Waals surface area (Å²) < 4.78 is 36.8. The second kappa shape index (κ2) is 6.75. The monoisotopic (exact) mass is 302 g/mol. The number of hydrogen-bond acceptors (Lipinski definition) is 3. The predicted octanol–water partition coefficient (Wildman–Crippen LogP) is 1.52. The molecule has 2 N–H and O–H groups in total. The fourth-order valence-corrected chi connectivity index (χ4v) is 2.27. The summed E-state index contributed by atoms with van der Waals surface area (Å²) >= 11 is 0. The third-order valence-electron chi connectivity index (χ3n) is 3.21. The highest BCUT2D eigenvalue weighted by Crippen LogP contribution is 2.19. The Morgan fingerprint density at radius 2 is 2.10 bits per heavy atom. The van der Waals surface area contributed by atoms with E-state index in [1.54, 1.807) is 24.5 Å². The minimum absolute atomic E-state index is 0.224. The highest BCUT2D eigenvalue weighted by Gasteiger charge is 2.34. The maximum atomic E-state index is 12.3. The van der Waals surface area contributed by atoms with Gasteiger partial charge < -0.3 is 10.6 Å². The summed E-state index contributed by atoms with van der Waals surface area (Å²) in [6.07, 6.45) is -0.418. The van der Waals surface area contributed by atoms with E-state index in [2.05, 4.69) is 15.6 Å². The maximum Gasteiger partial charge on any atom is 0.401 e. The van der Waals surface area contributed by atoms with Crippen LogP contribution in [0, 0.1) is 0 Å². The first-order valence-electron chi connectivity index (χ1n) is 6.65. The molecule has 2 heterocycles. The molecule has 1 saturated heterocycles. The summed E-state index contributed by atoms with van der Waals surface area (Å²) in [6, 6.07) is 2.94. The number of nitrogens with zero attached hydrogens (tertiary/aromatic N) is 2. The average molecular weight is 302 g/mol. The van der Waals surface area contributed by atoms with Crippen LogP contribution in [-0.2, 0) is 6.54 Å². The summed E-state index contributed by atoms with van der Waals surface area (Å²) in [5.41, 5.74) is 0.908. The van der Waals surface area contributed by atoms with Gasteiger partial charge in [0.25, 0.3) is 0 Å². The third-order valence-corrected chi connectivity index (χ3v) is 3.21. The molecule has 21 heavy (non-hydrogen) atoms. The molecule has 1 aromatic rings. The zero-order valence-electron chi connectivity index (χ0n) is 11.4. The Bertz CT molecular complexity index is 466. The Morgan fingerprint density at radius 3 is 2.76 bits per heavy atom. The average Bonchev–Trinajstić information content (AvgIpc) is 2.82. The molecular weight excluding hydrogens is 285 g/mol. The lowest BCUT2D eigenvalue weighted by Gasteiger charge is -2.18. The van der Waals surface area contributed by atoms with E-state index in [1.165, 1.54) is 4.90 Å². The van der Waals surface area contributed by atoms with Crippen molar-refractivity contribution in [2.24, 2.45) is 0 Å². The van der Waals surface area contributed by atoms with Gasteiger partial charge in [0.05, 0.1) is 6.54 Å². The summed E-state index contributed by atoms with van der Waals surface area (Å²) in [7, 11) is 0. The quantitative estimate of drug-likeness (QED) is 0.886. The van der Waals surface area contributed by atoms with Crippen LogP contribution >= 0.6 is 0 Å². The number of aromatic nitrogens is 1. The second-order valence-corrected chi connectivity index (χ2v) is 5.02. The second-order valence-electron chi connectivity index (χ2n) is 5.02. The molecule has 0 spiro atoms. The van der Waals surface area contributed by atoms with E-state index in [0.29, 0.717) is 19.5 Å². The van der Waals surface area contributed by atoms with Crippen molar-refractivity contribution in [3.8, 4) is 0 Å². The van der Waals surface area contributed by atoms with Crippen LogP contribution in [0.15, 0.2) is 24.5 Å². The van der Waals surface area contributed by atoms with E-state index in [1.807, 2.05) is 0 Å². The molecular formula is C13H17F3N4O. The van der Waals surface area contributed by atoms with Gasteiger partial charge in [0, 0.05) is 38.1 Å². The lowest BCUT2D eigenvalue weighted by atomic mass is 10.2. The van der Waals surface area contributed by atoms with Crippen LogP contribution < -0.4 is 10.6 Å². The molecule has 8 heteroatoms. The molecule has 2 rings (SSSR count). The number of likely N-dealkylation sites (tertiary alicyclic amines) is 1. The van der Waals surface area contributed by atoms with E-state index in [-0.39, 0.29) is 18.6 Å². The van der Waals surface area contributed by atoms with Crippen molar-refractivity contribution in [3.05, 3.63) is 30.1 Å². The van der Waals surface area contributed by atoms with Crippen LogP contribution in [0.3, 0.4) is 0 Å². The van der Waals surface area contributed by atoms with Gasteiger partial charge in [0.1, 0.15) is 0 Å². The first kappa shape index (κ1) is 15.6. The van der Waals surface area contributed by atoms with Gasteiger partial charge in [-0.2, -0.15) is 13.2 Å². The smallest absolute Gasteiger partial charge is 0.334 e. The van der Waals surface area contributed by atoms with Gasteiger partial charge in [-0.3, -0.25) is 9.88 Å². The van der Waals surface area contributed by atoms with Gasteiger partial charge in [0.15, 0.2) is 0 Å². The van der Waals surface area contributed by atoms with Gasteiger partial charge in [-0.1, -0.05) is 0 Å². The molecule has 0 bridgehead atoms. The van der Waals surface area contributed by atoms with Crippen LogP contribution in [0.1, 0.15) is 12.0 Å². The van der Waals surface area contributed by atoms with Crippen molar-refractivity contribution >= 4 is 6.03 Å². The Labute approximate surface area is 120 Å². The maximum absolute atomic E-state index is 12.3. The molecule has 1 fully saturated rings. The Morgan fingerprint density at radius 1 is 1.38 bits per heavy atom. The highest BCUT2D eigenvalue weighted by atomic mass is 19.4. The number of nitrogens with one attached hydrogen (secondary N) is 2. The van der Waals surface area contributed by atoms with Crippen molar-refractivity contribution in [3.63, 3.8) is 0 Å². The van der Waals surface area contributed by atoms with Crippen LogP contribution in [-0.4, -0.2) is 47.8 Å². The topological polar surface area (TPSA) is 57.3 Å². The van der Waals surface area contributed by atoms with E-state index < -0.39 is 12.7 Å². The highest BCUT2D eigenvalue weighted by molar-refractivity contribution is 5.74. The summed E-state index contributed by atoms with van der Waals surface area (Å²) in [6.45, 7) is -0.00580. The molecule has 0 aromatic carbocycles. The molecule has 5 nitrogen and oxygen atoms in total. The van der Waals surface area contributed by atoms with E-state index in [9.17, 15) is 18.0 Å². The number of rotatable bonds is 4. The Kier molecular flexibility index (Phi) is 5.00. The number of hydrogen-bond donors (Lipinski definition) is 2. The Hall–Kier alpha value is -1.83. The van der Waals surface area contributed by atoms with Gasteiger partial charge in [-0.05, 0) is 24.1 Å². The van der Waals surface area contributed by atoms with Crippen molar-refractivity contribution in [1.29, 1.82) is 0 Å². The van der Waals surface area contributed by atoms with Crippen LogP contribution in [0.2, 0.25) is 0 Å². The fourth-order valence-electron chi connectivity index (χ4n) is 2.27. The van der Waals surface area contributed by atoms with Crippen molar-refractivity contribution in [1.82, 2.24) is 20.5 Å². The van der Waals surface area contributed by atoms with Crippen LogP contribution in [0.5, 0.6) is 0 Å². The molecule has 1 aromatic heterocycles. The van der Waals surface area contributed by atoms with Crippen molar-refractivity contribution in [2.75, 3.05) is 19.6 Å². The van der Waals surface area contributed by atoms with E-state index in [4.69, 9.17) is 0 Å². The molecule has 116 valence electrons. The molecule has 0 saturated carbocycles. The number of amides is 2. The van der Waals surface area contributed by atoms with E-state index in [0.717, 1.165) is 5.56 Å². The fraction of sp³-hybridized carbons (Fsp3) is 0.538. The first-order valence-corrected chi connectivity index (χ1v) is 6.65. The number of halogens is 3. The summed E-state index contributed by atoms with van der Waals surface area (Å²) in [5, 5.41) is 5.36. The lowest BCUT2D eigenvalue weighted by molar-refractivity contribution is -0.143. The number of alkyl halides is 3. The molecule has 1 unspecified atom stereocenters. The largest absolute Gasteiger partial charge is 0.401 e. The zero-order valence-corrected chi connectivity index (χ0v) is 11.4. The van der Waals surface area contributed by atoms with Crippen molar-refractivity contribution < 1.29 is 18.0 Å². The zero-order chi connectivity index (χ0) is 15.3. The van der Waals surface area contributed by atoms with Crippen LogP contribution in [0.25, 0.3) is 0 Å². The number of urea groups is 1. The lowest BCUT2D eigenvalue weighted by Crippen LogP contribution is -2.43. The van der Waals surface area contributed by atoms with Gasteiger partial charge in [-0.25, -0.2) is 4.79 Å². The third kappa shape index (κ3) is 5.58. The molecule has 1 atom stereocenters.